The Bertz CT molecular complexity index is 524. The number of nitrogens with two attached hydrogens (primary N) is 2. The Labute approximate surface area is 104 Å². The molecule has 0 fully saturated rings. The predicted octanol–water partition coefficient (Wildman–Crippen LogP) is 0.801. The van der Waals surface area contributed by atoms with Crippen molar-refractivity contribution in [2.24, 2.45) is 11.5 Å². The van der Waals surface area contributed by atoms with E-state index in [4.69, 9.17) is 16.0 Å². The lowest BCUT2D eigenvalue weighted by atomic mass is 10.0. The number of hydrogen-bond donors (Lipinski definition) is 2. The molecule has 1 atom stereocenters. The quantitative estimate of drug-likeness (QED) is 0.811. The first kappa shape index (κ1) is 12.3. The summed E-state index contributed by atoms with van der Waals surface area (Å²) in [7, 11) is 0. The second-order valence-corrected chi connectivity index (χ2v) is 3.93. The minimum Gasteiger partial charge on any atom is -0.363 e. The van der Waals surface area contributed by atoms with Crippen molar-refractivity contribution in [2.45, 2.75) is 18.9 Å². The van der Waals surface area contributed by atoms with Gasteiger partial charge in [-0.1, -0.05) is 35.5 Å². The summed E-state index contributed by atoms with van der Waals surface area (Å²) in [4.78, 5) is 14.7. The van der Waals surface area contributed by atoms with Crippen LogP contribution in [0.1, 0.15) is 34.5 Å². The number of amides is 1. The third kappa shape index (κ3) is 2.92. The molecule has 1 amide bonds. The number of benzene rings is 1. The molecule has 1 heterocycles. The van der Waals surface area contributed by atoms with E-state index in [0.29, 0.717) is 18.7 Å². The fourth-order valence-corrected chi connectivity index (χ4v) is 1.60. The molecule has 18 heavy (non-hydrogen) atoms. The zero-order chi connectivity index (χ0) is 13.0. The molecule has 1 unspecified atom stereocenters. The zero-order valence-electron chi connectivity index (χ0n) is 9.74. The molecule has 4 N–H and O–H groups in total. The molecule has 0 saturated heterocycles. The molecule has 0 spiro atoms. The van der Waals surface area contributed by atoms with E-state index in [0.717, 1.165) is 5.56 Å². The van der Waals surface area contributed by atoms with Crippen LogP contribution in [0.15, 0.2) is 34.9 Å². The third-order valence-corrected chi connectivity index (χ3v) is 2.59. The molecule has 0 aliphatic carbocycles. The average Bonchev–Trinajstić information content (AvgIpc) is 2.86. The lowest BCUT2D eigenvalue weighted by molar-refractivity contribution is 0.0987. The summed E-state index contributed by atoms with van der Waals surface area (Å²) in [5.74, 6) is -0.425. The van der Waals surface area contributed by atoms with Crippen molar-refractivity contribution in [3.63, 3.8) is 0 Å². The lowest BCUT2D eigenvalue weighted by Crippen LogP contribution is -2.13. The molecule has 0 aliphatic heterocycles. The van der Waals surface area contributed by atoms with Gasteiger partial charge in [0.05, 0.1) is 0 Å². The Kier molecular flexibility index (Phi) is 3.69. The van der Waals surface area contributed by atoms with Crippen LogP contribution in [0.25, 0.3) is 0 Å². The first-order valence-corrected chi connectivity index (χ1v) is 5.59. The summed E-state index contributed by atoms with van der Waals surface area (Å²) in [5.41, 5.74) is 12.1. The van der Waals surface area contributed by atoms with Gasteiger partial charge < -0.3 is 16.0 Å². The van der Waals surface area contributed by atoms with Crippen LogP contribution in [0.5, 0.6) is 0 Å². The van der Waals surface area contributed by atoms with Gasteiger partial charge >= 0.3 is 0 Å². The van der Waals surface area contributed by atoms with Crippen molar-refractivity contribution in [1.29, 1.82) is 0 Å². The summed E-state index contributed by atoms with van der Waals surface area (Å²) < 4.78 is 4.89. The van der Waals surface area contributed by atoms with Crippen molar-refractivity contribution in [3.8, 4) is 0 Å². The minimum absolute atomic E-state index is 0.0988. The lowest BCUT2D eigenvalue weighted by Gasteiger charge is -2.09. The van der Waals surface area contributed by atoms with E-state index < -0.39 is 5.91 Å². The van der Waals surface area contributed by atoms with Gasteiger partial charge in [-0.25, -0.2) is 0 Å². The van der Waals surface area contributed by atoms with Crippen LogP contribution in [0, 0.1) is 0 Å². The van der Waals surface area contributed by atoms with Crippen molar-refractivity contribution in [2.75, 3.05) is 0 Å². The van der Waals surface area contributed by atoms with Crippen LogP contribution < -0.4 is 11.5 Å². The molecular weight excluding hydrogens is 232 g/mol. The average molecular weight is 246 g/mol. The van der Waals surface area contributed by atoms with E-state index in [9.17, 15) is 4.79 Å². The van der Waals surface area contributed by atoms with Crippen LogP contribution in [-0.2, 0) is 6.42 Å². The van der Waals surface area contributed by atoms with Crippen molar-refractivity contribution in [1.82, 2.24) is 10.1 Å². The number of carbonyl (C=O) groups excluding carboxylic acids is 1. The number of aryl methyl sites for hydroxylation is 1. The smallest absolute Gasteiger partial charge is 0.290 e. The van der Waals surface area contributed by atoms with Gasteiger partial charge in [-0.3, -0.25) is 4.79 Å². The van der Waals surface area contributed by atoms with Crippen LogP contribution >= 0.6 is 0 Å². The van der Waals surface area contributed by atoms with Crippen LogP contribution in [0.2, 0.25) is 0 Å². The topological polar surface area (TPSA) is 108 Å². The van der Waals surface area contributed by atoms with Gasteiger partial charge in [0.2, 0.25) is 5.89 Å². The van der Waals surface area contributed by atoms with E-state index in [1.54, 1.807) is 0 Å². The Morgan fingerprint density at radius 3 is 2.67 bits per heavy atom. The first-order valence-electron chi connectivity index (χ1n) is 5.59. The summed E-state index contributed by atoms with van der Waals surface area (Å²) in [6, 6.07) is 9.64. The number of aromatic nitrogens is 2. The monoisotopic (exact) mass is 246 g/mol. The molecule has 6 heteroatoms. The largest absolute Gasteiger partial charge is 0.363 e. The van der Waals surface area contributed by atoms with Crippen molar-refractivity contribution >= 4 is 5.91 Å². The van der Waals surface area contributed by atoms with Gasteiger partial charge in [0.1, 0.15) is 0 Å². The van der Waals surface area contributed by atoms with Crippen LogP contribution in [0.4, 0.5) is 0 Å². The fraction of sp³-hybridized carbons (Fsp3) is 0.250. The Hall–Kier alpha value is -2.21. The standard InChI is InChI=1S/C12H14N4O2/c13-9(8-4-2-1-3-5-8)6-7-10-15-12(11(14)17)16-18-10/h1-5,9H,6-7,13H2,(H2,14,17). The van der Waals surface area contributed by atoms with Crippen LogP contribution in [-0.4, -0.2) is 16.0 Å². The van der Waals surface area contributed by atoms with Gasteiger partial charge in [0.15, 0.2) is 0 Å². The van der Waals surface area contributed by atoms with Gasteiger partial charge in [0.25, 0.3) is 11.7 Å². The summed E-state index contributed by atoms with van der Waals surface area (Å²) in [5, 5.41) is 3.46. The molecule has 2 rings (SSSR count). The van der Waals surface area contributed by atoms with E-state index in [-0.39, 0.29) is 11.9 Å². The highest BCUT2D eigenvalue weighted by molar-refractivity contribution is 5.88. The Balaban J connectivity index is 1.93. The van der Waals surface area contributed by atoms with Crippen molar-refractivity contribution in [3.05, 3.63) is 47.6 Å². The van der Waals surface area contributed by atoms with E-state index in [1.165, 1.54) is 0 Å². The van der Waals surface area contributed by atoms with E-state index in [1.807, 2.05) is 30.3 Å². The molecular formula is C12H14N4O2. The van der Waals surface area contributed by atoms with Gasteiger partial charge in [-0.05, 0) is 12.0 Å². The molecule has 0 radical (unpaired) electrons. The van der Waals surface area contributed by atoms with E-state index >= 15 is 0 Å². The van der Waals surface area contributed by atoms with Crippen molar-refractivity contribution < 1.29 is 9.32 Å². The maximum atomic E-state index is 10.8. The maximum Gasteiger partial charge on any atom is 0.290 e. The number of rotatable bonds is 5. The fourth-order valence-electron chi connectivity index (χ4n) is 1.60. The maximum absolute atomic E-state index is 10.8. The first-order chi connectivity index (χ1) is 8.66. The van der Waals surface area contributed by atoms with Gasteiger partial charge in [-0.15, -0.1) is 0 Å². The summed E-state index contributed by atoms with van der Waals surface area (Å²) in [6.07, 6.45) is 1.17. The molecule has 1 aromatic carbocycles. The Morgan fingerprint density at radius 2 is 2.06 bits per heavy atom. The number of hydrogen-bond acceptors (Lipinski definition) is 5. The molecule has 6 nitrogen and oxygen atoms in total. The normalized spacial score (nSPS) is 12.3. The van der Waals surface area contributed by atoms with E-state index in [2.05, 4.69) is 10.1 Å². The zero-order valence-corrected chi connectivity index (χ0v) is 9.74. The molecule has 0 bridgehead atoms. The summed E-state index contributed by atoms with van der Waals surface area (Å²) >= 11 is 0. The number of primary amides is 1. The molecule has 0 aliphatic rings. The molecule has 2 aromatic rings. The van der Waals surface area contributed by atoms with Gasteiger partial charge in [-0.2, -0.15) is 4.98 Å². The number of nitrogens with zero attached hydrogens (tertiary/aromatic N) is 2. The highest BCUT2D eigenvalue weighted by atomic mass is 16.5. The molecule has 1 aromatic heterocycles. The Morgan fingerprint density at radius 1 is 1.33 bits per heavy atom. The van der Waals surface area contributed by atoms with Gasteiger partial charge in [0, 0.05) is 12.5 Å². The number of carbonyl (C=O) groups is 1. The highest BCUT2D eigenvalue weighted by Crippen LogP contribution is 2.15. The van der Waals surface area contributed by atoms with Crippen LogP contribution in [0.3, 0.4) is 0 Å². The predicted molar refractivity (Wildman–Crippen MR) is 64.5 cm³/mol. The second kappa shape index (κ2) is 5.42. The third-order valence-electron chi connectivity index (χ3n) is 2.59. The highest BCUT2D eigenvalue weighted by Gasteiger charge is 2.12. The molecule has 94 valence electrons. The second-order valence-electron chi connectivity index (χ2n) is 3.93. The molecule has 0 saturated carbocycles. The summed E-state index contributed by atoms with van der Waals surface area (Å²) in [6.45, 7) is 0. The minimum atomic E-state index is -0.697. The SMILES string of the molecule is NC(=O)c1noc(CCC(N)c2ccccc2)n1.